The van der Waals surface area contributed by atoms with Crippen molar-refractivity contribution in [2.45, 2.75) is 4.21 Å². The lowest BCUT2D eigenvalue weighted by atomic mass is 10.2. The van der Waals surface area contributed by atoms with Crippen LogP contribution in [-0.4, -0.2) is 12.4 Å². The summed E-state index contributed by atoms with van der Waals surface area (Å²) in [5, 5.41) is 1.34. The lowest BCUT2D eigenvalue weighted by Gasteiger charge is -2.01. The first-order chi connectivity index (χ1) is 11.7. The van der Waals surface area contributed by atoms with Crippen LogP contribution in [0.3, 0.4) is 0 Å². The maximum absolute atomic E-state index is 12.1. The van der Waals surface area contributed by atoms with Crippen molar-refractivity contribution in [3.63, 3.8) is 0 Å². The molecular weight excluding hydrogens is 360 g/mol. The van der Waals surface area contributed by atoms with Gasteiger partial charge in [0, 0.05) is 21.2 Å². The van der Waals surface area contributed by atoms with Crippen LogP contribution in [0.15, 0.2) is 63.6 Å². The molecular formula is C19H13ClO2S2. The first kappa shape index (κ1) is 16.9. The van der Waals surface area contributed by atoms with Gasteiger partial charge < -0.3 is 4.74 Å². The Bertz CT molecular complexity index is 956. The summed E-state index contributed by atoms with van der Waals surface area (Å²) in [6.07, 6.45) is 0. The number of thioether (sulfide) groups is 1. The van der Waals surface area contributed by atoms with Gasteiger partial charge in [-0.2, -0.15) is 0 Å². The quantitative estimate of drug-likeness (QED) is 0.471. The summed E-state index contributed by atoms with van der Waals surface area (Å²) in [4.78, 5) is 12.1. The van der Waals surface area contributed by atoms with Crippen molar-refractivity contribution < 1.29 is 4.74 Å². The molecule has 0 amide bonds. The number of rotatable bonds is 4. The van der Waals surface area contributed by atoms with E-state index < -0.39 is 0 Å². The topological polar surface area (TPSA) is 26.3 Å². The molecule has 1 heterocycles. The minimum Gasteiger partial charge on any atom is -0.481 e. The molecule has 0 N–H and O–H groups in total. The van der Waals surface area contributed by atoms with Gasteiger partial charge in [-0.05, 0) is 30.3 Å². The molecule has 5 heteroatoms. The average Bonchev–Trinajstić information content (AvgIpc) is 2.58. The number of para-hydroxylation sites is 1. The molecule has 0 spiro atoms. The van der Waals surface area contributed by atoms with Gasteiger partial charge in [-0.25, -0.2) is 0 Å². The first-order valence-corrected chi connectivity index (χ1v) is 9.40. The van der Waals surface area contributed by atoms with Crippen molar-refractivity contribution in [1.82, 2.24) is 0 Å². The Morgan fingerprint density at radius 2 is 1.92 bits per heavy atom. The number of hydrogen-bond donors (Lipinski definition) is 0. The van der Waals surface area contributed by atoms with Gasteiger partial charge in [0.15, 0.2) is 5.43 Å². The van der Waals surface area contributed by atoms with Crippen LogP contribution in [0.1, 0.15) is 0 Å². The Morgan fingerprint density at radius 1 is 1.08 bits per heavy atom. The number of ether oxygens (including phenoxy) is 1. The van der Waals surface area contributed by atoms with Gasteiger partial charge in [-0.3, -0.25) is 4.79 Å². The highest BCUT2D eigenvalue weighted by Gasteiger charge is 2.03. The van der Waals surface area contributed by atoms with E-state index in [1.165, 1.54) is 0 Å². The number of benzene rings is 2. The third kappa shape index (κ3) is 4.55. The number of halogens is 1. The molecule has 0 atom stereocenters. The van der Waals surface area contributed by atoms with E-state index >= 15 is 0 Å². The van der Waals surface area contributed by atoms with E-state index in [-0.39, 0.29) is 5.43 Å². The van der Waals surface area contributed by atoms with Crippen molar-refractivity contribution in [2.24, 2.45) is 0 Å². The second-order valence-electron chi connectivity index (χ2n) is 4.81. The molecule has 1 aromatic heterocycles. The summed E-state index contributed by atoms with van der Waals surface area (Å²) in [6, 6.07) is 16.6. The van der Waals surface area contributed by atoms with Gasteiger partial charge in [0.1, 0.15) is 12.4 Å². The predicted molar refractivity (Wildman–Crippen MR) is 104 cm³/mol. The highest BCUT2D eigenvalue weighted by atomic mass is 35.5. The molecule has 3 rings (SSSR count). The molecule has 0 unspecified atom stereocenters. The number of fused-ring (bicyclic) bond motifs is 1. The second-order valence-corrected chi connectivity index (χ2v) is 7.61. The standard InChI is InChI=1S/C19H13ClO2S2/c20-14-8-9-16-17(21)13-19(24-18(16)12-14)23-11-5-4-10-22-15-6-2-1-3-7-15/h1-3,6-9,12-13H,10-11H2. The minimum absolute atomic E-state index is 0.0169. The summed E-state index contributed by atoms with van der Waals surface area (Å²) in [5.41, 5.74) is 0.0169. The largest absolute Gasteiger partial charge is 0.481 e. The Kier molecular flexibility index (Phi) is 5.81. The van der Waals surface area contributed by atoms with Crippen molar-refractivity contribution >= 4 is 44.8 Å². The van der Waals surface area contributed by atoms with E-state index in [2.05, 4.69) is 11.8 Å². The molecule has 2 nitrogen and oxygen atoms in total. The van der Waals surface area contributed by atoms with Gasteiger partial charge in [-0.1, -0.05) is 41.6 Å². The zero-order chi connectivity index (χ0) is 16.8. The molecule has 3 aromatic rings. The summed E-state index contributed by atoms with van der Waals surface area (Å²) >= 11 is 9.10. The van der Waals surface area contributed by atoms with Crippen molar-refractivity contribution in [3.05, 3.63) is 69.8 Å². The molecule has 120 valence electrons. The molecule has 0 aliphatic carbocycles. The van der Waals surface area contributed by atoms with E-state index in [1.54, 1.807) is 41.3 Å². The van der Waals surface area contributed by atoms with E-state index in [9.17, 15) is 4.79 Å². The van der Waals surface area contributed by atoms with Gasteiger partial charge in [0.05, 0.1) is 9.96 Å². The average molecular weight is 373 g/mol. The van der Waals surface area contributed by atoms with E-state index in [1.807, 2.05) is 36.4 Å². The summed E-state index contributed by atoms with van der Waals surface area (Å²) in [7, 11) is 0. The molecule has 2 aromatic carbocycles. The molecule has 0 saturated heterocycles. The van der Waals surface area contributed by atoms with Gasteiger partial charge in [0.2, 0.25) is 0 Å². The third-order valence-corrected chi connectivity index (χ3v) is 5.54. The molecule has 0 bridgehead atoms. The van der Waals surface area contributed by atoms with Crippen LogP contribution in [0.5, 0.6) is 5.75 Å². The molecule has 0 aliphatic heterocycles. The fraction of sp³-hybridized carbons (Fsp3) is 0.105. The van der Waals surface area contributed by atoms with E-state index in [0.717, 1.165) is 14.7 Å². The smallest absolute Gasteiger partial charge is 0.189 e. The molecule has 0 aliphatic rings. The fourth-order valence-electron chi connectivity index (χ4n) is 2.02. The summed E-state index contributed by atoms with van der Waals surface area (Å²) in [6.45, 7) is 0.355. The van der Waals surface area contributed by atoms with Crippen LogP contribution >= 0.6 is 34.7 Å². The van der Waals surface area contributed by atoms with Crippen molar-refractivity contribution in [1.29, 1.82) is 0 Å². The zero-order valence-electron chi connectivity index (χ0n) is 12.6. The first-order valence-electron chi connectivity index (χ1n) is 7.22. The van der Waals surface area contributed by atoms with Crippen LogP contribution in [0, 0.1) is 11.8 Å². The van der Waals surface area contributed by atoms with Crippen LogP contribution in [-0.2, 0) is 0 Å². The van der Waals surface area contributed by atoms with Gasteiger partial charge in [-0.15, -0.1) is 23.1 Å². The third-order valence-electron chi connectivity index (χ3n) is 3.13. The predicted octanol–water partition coefficient (Wildman–Crippen LogP) is 5.09. The van der Waals surface area contributed by atoms with Crippen LogP contribution in [0.25, 0.3) is 10.1 Å². The Labute approximate surface area is 153 Å². The number of hydrogen-bond acceptors (Lipinski definition) is 4. The Balaban J connectivity index is 1.58. The molecule has 0 saturated carbocycles. The van der Waals surface area contributed by atoms with Gasteiger partial charge in [0.25, 0.3) is 0 Å². The highest BCUT2D eigenvalue weighted by Crippen LogP contribution is 2.28. The summed E-state index contributed by atoms with van der Waals surface area (Å²) < 4.78 is 7.34. The summed E-state index contributed by atoms with van der Waals surface area (Å²) in [5.74, 6) is 7.45. The maximum atomic E-state index is 12.1. The Hall–Kier alpha value is -1.93. The van der Waals surface area contributed by atoms with Crippen LogP contribution in [0.2, 0.25) is 5.02 Å². The maximum Gasteiger partial charge on any atom is 0.189 e. The van der Waals surface area contributed by atoms with Crippen LogP contribution in [0.4, 0.5) is 0 Å². The van der Waals surface area contributed by atoms with E-state index in [4.69, 9.17) is 16.3 Å². The van der Waals surface area contributed by atoms with E-state index in [0.29, 0.717) is 22.8 Å². The minimum atomic E-state index is 0.0169. The SMILES string of the molecule is O=c1cc(SCC#CCOc2ccccc2)sc2cc(Cl)ccc12. The monoisotopic (exact) mass is 372 g/mol. The highest BCUT2D eigenvalue weighted by molar-refractivity contribution is 8.01. The second kappa shape index (κ2) is 8.25. The zero-order valence-corrected chi connectivity index (χ0v) is 15.0. The lowest BCUT2D eigenvalue weighted by molar-refractivity contribution is 0.370. The lowest BCUT2D eigenvalue weighted by Crippen LogP contribution is -1.98. The van der Waals surface area contributed by atoms with Crippen molar-refractivity contribution in [2.75, 3.05) is 12.4 Å². The van der Waals surface area contributed by atoms with Gasteiger partial charge >= 0.3 is 0 Å². The van der Waals surface area contributed by atoms with Crippen molar-refractivity contribution in [3.8, 4) is 17.6 Å². The Morgan fingerprint density at radius 3 is 2.75 bits per heavy atom. The van der Waals surface area contributed by atoms with Crippen LogP contribution < -0.4 is 10.2 Å². The molecule has 24 heavy (non-hydrogen) atoms. The molecule has 0 radical (unpaired) electrons. The fourth-order valence-corrected chi connectivity index (χ4v) is 4.30. The normalized spacial score (nSPS) is 10.2. The molecule has 0 fully saturated rings.